The van der Waals surface area contributed by atoms with E-state index in [0.29, 0.717) is 6.20 Å². The molecule has 0 bridgehead atoms. The molecule has 0 radical (unpaired) electrons. The number of nitrogens with zero attached hydrogens (tertiary/aromatic N) is 1. The van der Waals surface area contributed by atoms with Crippen LogP contribution >= 0.6 is 11.9 Å². The van der Waals surface area contributed by atoms with Crippen LogP contribution in [0.1, 0.15) is 16.1 Å². The average Bonchev–Trinajstić information content (AvgIpc) is 2.15. The summed E-state index contributed by atoms with van der Waals surface area (Å²) in [6.45, 7) is 0. The molecule has 1 heterocycles. The molecule has 0 saturated carbocycles. The maximum Gasteiger partial charge on any atom is 0.417 e. The summed E-state index contributed by atoms with van der Waals surface area (Å²) in [6.07, 6.45) is -3.94. The van der Waals surface area contributed by atoms with Crippen molar-refractivity contribution in [2.75, 3.05) is 0 Å². The lowest BCUT2D eigenvalue weighted by Crippen LogP contribution is -2.08. The monoisotopic (exact) mass is 225 g/mol. The van der Waals surface area contributed by atoms with Gasteiger partial charge >= 0.3 is 12.1 Å². The van der Waals surface area contributed by atoms with Gasteiger partial charge in [-0.05, 0) is 12.1 Å². The van der Waals surface area contributed by atoms with Crippen LogP contribution in [-0.2, 0) is 10.5 Å². The fourth-order valence-electron chi connectivity index (χ4n) is 0.722. The van der Waals surface area contributed by atoms with Gasteiger partial charge in [-0.3, -0.25) is 0 Å². The number of hydrogen-bond acceptors (Lipinski definition) is 3. The molecule has 0 saturated heterocycles. The minimum absolute atomic E-state index is 0.284. The second-order valence-corrected chi connectivity index (χ2v) is 2.45. The number of rotatable bonds is 1. The van der Waals surface area contributed by atoms with Crippen molar-refractivity contribution in [2.45, 2.75) is 6.18 Å². The molecule has 14 heavy (non-hydrogen) atoms. The lowest BCUT2D eigenvalue weighted by Gasteiger charge is -2.05. The van der Waals surface area contributed by atoms with Gasteiger partial charge in [0.25, 0.3) is 0 Å². The van der Waals surface area contributed by atoms with Crippen molar-refractivity contribution in [3.05, 3.63) is 29.6 Å². The molecule has 0 aliphatic carbocycles. The molecule has 1 rings (SSSR count). The summed E-state index contributed by atoms with van der Waals surface area (Å²) in [4.78, 5) is 13.9. The summed E-state index contributed by atoms with van der Waals surface area (Å²) in [5.74, 6) is -1.000. The van der Waals surface area contributed by atoms with Crippen LogP contribution in [0.5, 0.6) is 0 Å². The summed E-state index contributed by atoms with van der Waals surface area (Å²) < 4.78 is 39.8. The number of hydrogen-bond donors (Lipinski definition) is 0. The third-order valence-electron chi connectivity index (χ3n) is 1.37. The first-order chi connectivity index (χ1) is 6.45. The Labute approximate surface area is 81.6 Å². The summed E-state index contributed by atoms with van der Waals surface area (Å²) in [6, 6.07) is 1.60. The Balaban J connectivity index is 2.95. The molecule has 0 atom stereocenters. The Morgan fingerprint density at radius 2 is 2.07 bits per heavy atom. The van der Waals surface area contributed by atoms with Crippen LogP contribution < -0.4 is 0 Å². The molecule has 7 heteroatoms. The molecule has 0 unspecified atom stereocenters. The first kappa shape index (κ1) is 10.8. The van der Waals surface area contributed by atoms with E-state index in [2.05, 4.69) is 9.27 Å². The van der Waals surface area contributed by atoms with Crippen LogP contribution in [0, 0.1) is 0 Å². The maximum absolute atomic E-state index is 12.0. The quantitative estimate of drug-likeness (QED) is 0.737. The predicted molar refractivity (Wildman–Crippen MR) is 40.5 cm³/mol. The first-order valence-electron chi connectivity index (χ1n) is 3.31. The molecule has 1 aromatic rings. The highest BCUT2D eigenvalue weighted by Gasteiger charge is 2.30. The minimum Gasteiger partial charge on any atom is -0.342 e. The van der Waals surface area contributed by atoms with Gasteiger partial charge in [-0.15, -0.1) is 0 Å². The van der Waals surface area contributed by atoms with E-state index in [1.807, 2.05) is 0 Å². The number of alkyl halides is 3. The zero-order valence-electron chi connectivity index (χ0n) is 6.51. The SMILES string of the molecule is O=C(OCl)c1ccc(C(F)(F)F)cn1. The van der Waals surface area contributed by atoms with E-state index in [1.54, 1.807) is 0 Å². The molecule has 0 aromatic carbocycles. The second-order valence-electron chi connectivity index (χ2n) is 2.29. The predicted octanol–water partition coefficient (Wildman–Crippen LogP) is 2.41. The van der Waals surface area contributed by atoms with Crippen LogP contribution in [0.15, 0.2) is 18.3 Å². The third-order valence-corrected chi connectivity index (χ3v) is 1.51. The van der Waals surface area contributed by atoms with E-state index >= 15 is 0 Å². The molecule has 0 aliphatic rings. The van der Waals surface area contributed by atoms with E-state index in [0.717, 1.165) is 12.1 Å². The van der Waals surface area contributed by atoms with Crippen molar-refractivity contribution in [1.29, 1.82) is 0 Å². The number of pyridine rings is 1. The Kier molecular flexibility index (Phi) is 2.95. The molecule has 0 amide bonds. The van der Waals surface area contributed by atoms with E-state index in [4.69, 9.17) is 11.9 Å². The van der Waals surface area contributed by atoms with E-state index in [-0.39, 0.29) is 5.69 Å². The van der Waals surface area contributed by atoms with Gasteiger partial charge in [-0.1, -0.05) is 0 Å². The van der Waals surface area contributed by atoms with Crippen LogP contribution in [0.4, 0.5) is 13.2 Å². The molecule has 0 aliphatic heterocycles. The highest BCUT2D eigenvalue weighted by atomic mass is 35.5. The first-order valence-corrected chi connectivity index (χ1v) is 3.62. The Morgan fingerprint density at radius 1 is 1.43 bits per heavy atom. The van der Waals surface area contributed by atoms with Crippen molar-refractivity contribution < 1.29 is 22.3 Å². The van der Waals surface area contributed by atoms with Gasteiger partial charge in [0, 0.05) is 6.20 Å². The van der Waals surface area contributed by atoms with Crippen molar-refractivity contribution in [2.24, 2.45) is 0 Å². The molecule has 76 valence electrons. The number of carbonyl (C=O) groups excluding carboxylic acids is 1. The molecule has 1 aromatic heterocycles. The normalized spacial score (nSPS) is 11.1. The van der Waals surface area contributed by atoms with Gasteiger partial charge in [0.15, 0.2) is 0 Å². The Bertz CT molecular complexity index is 336. The Hall–Kier alpha value is -1.30. The van der Waals surface area contributed by atoms with E-state index < -0.39 is 17.7 Å². The third kappa shape index (κ3) is 2.35. The van der Waals surface area contributed by atoms with Gasteiger partial charge < -0.3 is 4.29 Å². The minimum atomic E-state index is -4.48. The lowest BCUT2D eigenvalue weighted by atomic mass is 10.2. The van der Waals surface area contributed by atoms with Crippen LogP contribution in [-0.4, -0.2) is 11.0 Å². The smallest absolute Gasteiger partial charge is 0.342 e. The summed E-state index contributed by atoms with van der Waals surface area (Å²) >= 11 is 4.70. The summed E-state index contributed by atoms with van der Waals surface area (Å²) in [5, 5.41) is 0. The van der Waals surface area contributed by atoms with Gasteiger partial charge in [0.2, 0.25) is 0 Å². The van der Waals surface area contributed by atoms with Gasteiger partial charge in [0.05, 0.1) is 5.56 Å². The topological polar surface area (TPSA) is 39.2 Å². The summed E-state index contributed by atoms with van der Waals surface area (Å²) in [5.41, 5.74) is -1.23. The number of carbonyl (C=O) groups is 1. The molecular formula is C7H3ClF3NO2. The highest BCUT2D eigenvalue weighted by molar-refractivity contribution is 6.15. The molecule has 0 fully saturated rings. The van der Waals surface area contributed by atoms with E-state index in [1.165, 1.54) is 0 Å². The maximum atomic E-state index is 12.0. The number of aromatic nitrogens is 1. The molecular weight excluding hydrogens is 223 g/mol. The van der Waals surface area contributed by atoms with E-state index in [9.17, 15) is 18.0 Å². The zero-order chi connectivity index (χ0) is 10.8. The molecule has 3 nitrogen and oxygen atoms in total. The average molecular weight is 226 g/mol. The molecule has 0 spiro atoms. The molecule has 0 N–H and O–H groups in total. The van der Waals surface area contributed by atoms with Crippen molar-refractivity contribution in [3.63, 3.8) is 0 Å². The van der Waals surface area contributed by atoms with Crippen LogP contribution in [0.2, 0.25) is 0 Å². The largest absolute Gasteiger partial charge is 0.417 e. The fraction of sp³-hybridized carbons (Fsp3) is 0.143. The van der Waals surface area contributed by atoms with Crippen molar-refractivity contribution in [3.8, 4) is 0 Å². The van der Waals surface area contributed by atoms with Gasteiger partial charge in [-0.2, -0.15) is 13.2 Å². The standard InChI is InChI=1S/C7H3ClF3NO2/c8-14-6(13)5-2-1-4(3-12-5)7(9,10)11/h1-3H. The number of halogens is 4. The zero-order valence-corrected chi connectivity index (χ0v) is 7.26. The summed E-state index contributed by atoms with van der Waals surface area (Å²) in [7, 11) is 0. The van der Waals surface area contributed by atoms with Gasteiger partial charge in [0.1, 0.15) is 17.6 Å². The highest BCUT2D eigenvalue weighted by Crippen LogP contribution is 2.28. The van der Waals surface area contributed by atoms with Crippen LogP contribution in [0.3, 0.4) is 0 Å². The fourth-order valence-corrected chi connectivity index (χ4v) is 0.801. The lowest BCUT2D eigenvalue weighted by molar-refractivity contribution is -0.137. The van der Waals surface area contributed by atoms with Gasteiger partial charge in [-0.25, -0.2) is 9.78 Å². The van der Waals surface area contributed by atoms with Crippen molar-refractivity contribution >= 4 is 17.8 Å². The Morgan fingerprint density at radius 3 is 2.43 bits per heavy atom. The van der Waals surface area contributed by atoms with Crippen LogP contribution in [0.25, 0.3) is 0 Å². The second kappa shape index (κ2) is 3.83. The van der Waals surface area contributed by atoms with Crippen molar-refractivity contribution in [1.82, 2.24) is 4.98 Å².